The van der Waals surface area contributed by atoms with E-state index < -0.39 is 0 Å². The van der Waals surface area contributed by atoms with E-state index in [1.54, 1.807) is 24.7 Å². The number of anilines is 2. The highest BCUT2D eigenvalue weighted by molar-refractivity contribution is 6.04. The minimum absolute atomic E-state index is 0.196. The molecular weight excluding hydrogens is 336 g/mol. The molecule has 1 aromatic carbocycles. The largest absolute Gasteiger partial charge is 0.381 e. The third-order valence-electron chi connectivity index (χ3n) is 4.48. The fourth-order valence-electron chi connectivity index (χ4n) is 2.95. The Morgan fingerprint density at radius 2 is 1.67 bits per heavy atom. The molecule has 138 valence electrons. The van der Waals surface area contributed by atoms with Gasteiger partial charge in [-0.3, -0.25) is 14.8 Å². The third kappa shape index (κ3) is 4.70. The smallest absolute Gasteiger partial charge is 0.274 e. The van der Waals surface area contributed by atoms with Crippen molar-refractivity contribution in [1.29, 1.82) is 0 Å². The number of carbonyl (C=O) groups excluding carboxylic acids is 1. The van der Waals surface area contributed by atoms with Crippen molar-refractivity contribution in [2.45, 2.75) is 33.2 Å². The van der Waals surface area contributed by atoms with Crippen molar-refractivity contribution >= 4 is 17.3 Å². The summed E-state index contributed by atoms with van der Waals surface area (Å²) in [6.45, 7) is 4.84. The molecule has 0 aliphatic carbocycles. The van der Waals surface area contributed by atoms with Gasteiger partial charge in [-0.05, 0) is 53.8 Å². The molecule has 27 heavy (non-hydrogen) atoms. The van der Waals surface area contributed by atoms with Crippen LogP contribution in [0.5, 0.6) is 0 Å². The van der Waals surface area contributed by atoms with E-state index in [9.17, 15) is 4.79 Å². The second-order valence-corrected chi connectivity index (χ2v) is 6.25. The van der Waals surface area contributed by atoms with Crippen LogP contribution in [0, 0.1) is 0 Å². The summed E-state index contributed by atoms with van der Waals surface area (Å²) in [4.78, 5) is 21.0. The van der Waals surface area contributed by atoms with Gasteiger partial charge in [-0.25, -0.2) is 0 Å². The van der Waals surface area contributed by atoms with Crippen LogP contribution in [0.15, 0.2) is 61.1 Å². The minimum Gasteiger partial charge on any atom is -0.381 e. The molecule has 0 radical (unpaired) electrons. The van der Waals surface area contributed by atoms with Crippen molar-refractivity contribution < 1.29 is 4.79 Å². The highest BCUT2D eigenvalue weighted by Crippen LogP contribution is 2.23. The summed E-state index contributed by atoms with van der Waals surface area (Å²) in [6, 6.07) is 13.7. The van der Waals surface area contributed by atoms with E-state index in [1.807, 2.05) is 24.3 Å². The van der Waals surface area contributed by atoms with Crippen LogP contribution < -0.4 is 10.6 Å². The van der Waals surface area contributed by atoms with Crippen LogP contribution >= 0.6 is 0 Å². The van der Waals surface area contributed by atoms with Crippen LogP contribution in [0.3, 0.4) is 0 Å². The quantitative estimate of drug-likeness (QED) is 0.652. The van der Waals surface area contributed by atoms with Crippen LogP contribution in [0.2, 0.25) is 0 Å². The zero-order valence-corrected chi connectivity index (χ0v) is 15.7. The molecule has 5 nitrogen and oxygen atoms in total. The first-order valence-electron chi connectivity index (χ1n) is 9.22. The first-order chi connectivity index (χ1) is 13.2. The Balaban J connectivity index is 1.74. The van der Waals surface area contributed by atoms with Gasteiger partial charge >= 0.3 is 0 Å². The monoisotopic (exact) mass is 360 g/mol. The lowest BCUT2D eigenvalue weighted by Gasteiger charge is -2.14. The average Bonchev–Trinajstić information content (AvgIpc) is 2.73. The summed E-state index contributed by atoms with van der Waals surface area (Å²) >= 11 is 0. The fourth-order valence-corrected chi connectivity index (χ4v) is 2.95. The van der Waals surface area contributed by atoms with Crippen LogP contribution in [0.4, 0.5) is 11.4 Å². The van der Waals surface area contributed by atoms with Gasteiger partial charge in [0, 0.05) is 36.5 Å². The molecule has 5 heteroatoms. The Bertz CT molecular complexity index is 887. The number of aryl methyl sites for hydroxylation is 2. The summed E-state index contributed by atoms with van der Waals surface area (Å²) in [6.07, 6.45) is 6.91. The lowest BCUT2D eigenvalue weighted by Crippen LogP contribution is -2.16. The van der Waals surface area contributed by atoms with Crippen molar-refractivity contribution in [3.05, 3.63) is 83.4 Å². The maximum Gasteiger partial charge on any atom is 0.274 e. The van der Waals surface area contributed by atoms with Crippen molar-refractivity contribution in [3.63, 3.8) is 0 Å². The zero-order valence-electron chi connectivity index (χ0n) is 15.7. The van der Waals surface area contributed by atoms with Gasteiger partial charge in [0.1, 0.15) is 5.69 Å². The first kappa shape index (κ1) is 18.6. The Kier molecular flexibility index (Phi) is 6.15. The topological polar surface area (TPSA) is 66.9 Å². The van der Waals surface area contributed by atoms with Crippen LogP contribution in [0.1, 0.15) is 41.0 Å². The molecule has 0 aliphatic rings. The number of pyridine rings is 2. The van der Waals surface area contributed by atoms with Crippen LogP contribution in [-0.2, 0) is 19.4 Å². The minimum atomic E-state index is -0.196. The number of rotatable bonds is 7. The summed E-state index contributed by atoms with van der Waals surface area (Å²) in [5, 5.41) is 6.38. The number of benzene rings is 1. The Hall–Kier alpha value is -3.21. The number of hydrogen-bond donors (Lipinski definition) is 2. The van der Waals surface area contributed by atoms with E-state index in [4.69, 9.17) is 0 Å². The molecule has 2 N–H and O–H groups in total. The Morgan fingerprint density at radius 1 is 0.963 bits per heavy atom. The molecule has 0 fully saturated rings. The summed E-state index contributed by atoms with van der Waals surface area (Å²) < 4.78 is 0. The normalized spacial score (nSPS) is 10.4. The number of nitrogens with one attached hydrogen (secondary N) is 2. The average molecular weight is 360 g/mol. The van der Waals surface area contributed by atoms with Gasteiger partial charge in [0.2, 0.25) is 0 Å². The predicted molar refractivity (Wildman–Crippen MR) is 109 cm³/mol. The molecule has 0 saturated heterocycles. The van der Waals surface area contributed by atoms with E-state index in [0.29, 0.717) is 12.2 Å². The van der Waals surface area contributed by atoms with Crippen molar-refractivity contribution in [3.8, 4) is 0 Å². The van der Waals surface area contributed by atoms with Crippen molar-refractivity contribution in [2.24, 2.45) is 0 Å². The van der Waals surface area contributed by atoms with Crippen LogP contribution in [0.25, 0.3) is 0 Å². The molecule has 0 atom stereocenters. The number of aromatic nitrogens is 2. The molecule has 1 amide bonds. The fraction of sp³-hybridized carbons (Fsp3) is 0.227. The molecular formula is C22H24N4O. The predicted octanol–water partition coefficient (Wildman–Crippen LogP) is 4.47. The third-order valence-corrected chi connectivity index (χ3v) is 4.48. The highest BCUT2D eigenvalue weighted by atomic mass is 16.1. The molecule has 0 saturated carbocycles. The Labute approximate surface area is 159 Å². The lowest BCUT2D eigenvalue weighted by molar-refractivity contribution is 0.102. The first-order valence-corrected chi connectivity index (χ1v) is 9.22. The van der Waals surface area contributed by atoms with Gasteiger partial charge in [0.15, 0.2) is 0 Å². The van der Waals surface area contributed by atoms with Crippen molar-refractivity contribution in [1.82, 2.24) is 9.97 Å². The second-order valence-electron chi connectivity index (χ2n) is 6.25. The number of carbonyl (C=O) groups is 1. The molecule has 0 unspecified atom stereocenters. The SMILES string of the molecule is CCc1cccc(CC)c1NC(=O)c1cc(NCc2ccncc2)ccn1. The summed E-state index contributed by atoms with van der Waals surface area (Å²) in [5.41, 5.74) is 5.54. The Morgan fingerprint density at radius 3 is 2.33 bits per heavy atom. The molecule has 0 bridgehead atoms. The molecule has 0 spiro atoms. The second kappa shape index (κ2) is 8.94. The van der Waals surface area contributed by atoms with E-state index in [1.165, 1.54) is 0 Å². The van der Waals surface area contributed by atoms with Gasteiger partial charge in [-0.2, -0.15) is 0 Å². The van der Waals surface area contributed by atoms with E-state index in [2.05, 4.69) is 46.6 Å². The van der Waals surface area contributed by atoms with Crippen molar-refractivity contribution in [2.75, 3.05) is 10.6 Å². The number of para-hydroxylation sites is 1. The maximum absolute atomic E-state index is 12.8. The van der Waals surface area contributed by atoms with E-state index in [-0.39, 0.29) is 5.91 Å². The number of amides is 1. The number of hydrogen-bond acceptors (Lipinski definition) is 4. The van der Waals surface area contributed by atoms with Gasteiger partial charge < -0.3 is 10.6 Å². The summed E-state index contributed by atoms with van der Waals surface area (Å²) in [7, 11) is 0. The van der Waals surface area contributed by atoms with Gasteiger partial charge in [0.05, 0.1) is 0 Å². The number of nitrogens with zero attached hydrogens (tertiary/aromatic N) is 2. The zero-order chi connectivity index (χ0) is 19.1. The van der Waals surface area contributed by atoms with E-state index in [0.717, 1.165) is 40.9 Å². The van der Waals surface area contributed by atoms with Crippen LogP contribution in [-0.4, -0.2) is 15.9 Å². The molecule has 2 aromatic heterocycles. The molecule has 3 aromatic rings. The molecule has 2 heterocycles. The summed E-state index contributed by atoms with van der Waals surface area (Å²) in [5.74, 6) is -0.196. The van der Waals surface area contributed by atoms with Gasteiger partial charge in [0.25, 0.3) is 5.91 Å². The highest BCUT2D eigenvalue weighted by Gasteiger charge is 2.13. The van der Waals surface area contributed by atoms with Gasteiger partial charge in [-0.1, -0.05) is 32.0 Å². The lowest BCUT2D eigenvalue weighted by atomic mass is 10.0. The molecule has 3 rings (SSSR count). The van der Waals surface area contributed by atoms with E-state index >= 15 is 0 Å². The van der Waals surface area contributed by atoms with Gasteiger partial charge in [-0.15, -0.1) is 0 Å². The standard InChI is InChI=1S/C22H24N4O/c1-3-17-6-5-7-18(4-2)21(17)26-22(27)20-14-19(10-13-24-20)25-15-16-8-11-23-12-9-16/h5-14H,3-4,15H2,1-2H3,(H,24,25)(H,26,27). The molecule has 0 aliphatic heterocycles. The maximum atomic E-state index is 12.8.